The topological polar surface area (TPSA) is 61.7 Å². The molecular weight excluding hydrogens is 394 g/mol. The number of nitrogens with zero attached hydrogens (tertiary/aromatic N) is 5. The molecule has 0 spiro atoms. The molecule has 1 aliphatic carbocycles. The Labute approximate surface area is 180 Å². The highest BCUT2D eigenvalue weighted by Crippen LogP contribution is 2.36. The van der Waals surface area contributed by atoms with Gasteiger partial charge in [0.25, 0.3) is 0 Å². The number of hydrogen-bond acceptors (Lipinski definition) is 5. The van der Waals surface area contributed by atoms with Crippen LogP contribution in [0.1, 0.15) is 49.5 Å². The van der Waals surface area contributed by atoms with Crippen LogP contribution in [-0.4, -0.2) is 24.3 Å². The molecule has 0 amide bonds. The number of imidazole rings is 1. The van der Waals surface area contributed by atoms with Gasteiger partial charge in [-0.3, -0.25) is 4.57 Å². The Bertz CT molecular complexity index is 1060. The average Bonchev–Trinajstić information content (AvgIpc) is 3.54. The van der Waals surface area contributed by atoms with Crippen LogP contribution in [0.5, 0.6) is 0 Å². The van der Waals surface area contributed by atoms with Gasteiger partial charge in [0.2, 0.25) is 5.82 Å². The van der Waals surface area contributed by atoms with Gasteiger partial charge in [-0.15, -0.1) is 10.2 Å². The Hall–Kier alpha value is -2.80. The lowest BCUT2D eigenvalue weighted by molar-refractivity contribution is 0.337. The van der Waals surface area contributed by atoms with E-state index in [1.54, 1.807) is 18.0 Å². The first-order chi connectivity index (χ1) is 14.9. The average molecular weight is 420 g/mol. The molecule has 3 heterocycles. The Morgan fingerprint density at radius 2 is 1.87 bits per heavy atom. The number of thioether (sulfide) groups is 1. The molecule has 1 saturated carbocycles. The van der Waals surface area contributed by atoms with Crippen molar-refractivity contribution in [1.29, 1.82) is 0 Å². The standard InChI is InChI=1S/C23H25N5OS/c1-3-8-18(9-4-1)16-27-14-13-24-21(27)17-30-23-26-25-22(20-12-7-15-29-20)28(23)19-10-5-2-6-11-19/h1,3-4,7-9,12-15,19H,2,5-6,10-11,16-17H2. The number of hydrogen-bond donors (Lipinski definition) is 0. The molecule has 7 heteroatoms. The first-order valence-electron chi connectivity index (χ1n) is 10.5. The second-order valence-corrected chi connectivity index (χ2v) is 8.63. The van der Waals surface area contributed by atoms with Crippen molar-refractivity contribution in [2.24, 2.45) is 0 Å². The van der Waals surface area contributed by atoms with E-state index >= 15 is 0 Å². The third-order valence-electron chi connectivity index (χ3n) is 5.67. The fourth-order valence-electron chi connectivity index (χ4n) is 4.15. The zero-order valence-corrected chi connectivity index (χ0v) is 17.7. The van der Waals surface area contributed by atoms with E-state index in [4.69, 9.17) is 4.42 Å². The van der Waals surface area contributed by atoms with Crippen LogP contribution in [-0.2, 0) is 12.3 Å². The summed E-state index contributed by atoms with van der Waals surface area (Å²) in [7, 11) is 0. The quantitative estimate of drug-likeness (QED) is 0.366. The van der Waals surface area contributed by atoms with Crippen LogP contribution in [0.25, 0.3) is 11.6 Å². The van der Waals surface area contributed by atoms with Crippen LogP contribution < -0.4 is 0 Å². The monoisotopic (exact) mass is 419 g/mol. The summed E-state index contributed by atoms with van der Waals surface area (Å²) in [6.07, 6.45) is 11.8. The van der Waals surface area contributed by atoms with Crippen LogP contribution in [0.3, 0.4) is 0 Å². The summed E-state index contributed by atoms with van der Waals surface area (Å²) in [5, 5.41) is 9.98. The van der Waals surface area contributed by atoms with Crippen molar-refractivity contribution in [3.8, 4) is 11.6 Å². The molecule has 1 fully saturated rings. The fraction of sp³-hybridized carbons (Fsp3) is 0.348. The lowest BCUT2D eigenvalue weighted by Crippen LogP contribution is -2.15. The van der Waals surface area contributed by atoms with Crippen LogP contribution in [0.15, 0.2) is 70.7 Å². The molecule has 0 atom stereocenters. The highest BCUT2D eigenvalue weighted by molar-refractivity contribution is 7.98. The van der Waals surface area contributed by atoms with Crippen LogP contribution in [0.4, 0.5) is 0 Å². The highest BCUT2D eigenvalue weighted by atomic mass is 32.2. The SMILES string of the molecule is c1ccc(Cn2ccnc2CSc2nnc(-c3ccco3)n2C2CCCCC2)cc1. The maximum absolute atomic E-state index is 5.65. The summed E-state index contributed by atoms with van der Waals surface area (Å²) in [4.78, 5) is 4.59. The van der Waals surface area contributed by atoms with Gasteiger partial charge in [-0.25, -0.2) is 4.98 Å². The van der Waals surface area contributed by atoms with E-state index < -0.39 is 0 Å². The summed E-state index contributed by atoms with van der Waals surface area (Å²) in [6.45, 7) is 0.823. The van der Waals surface area contributed by atoms with Crippen LogP contribution >= 0.6 is 11.8 Å². The molecule has 154 valence electrons. The number of benzene rings is 1. The predicted octanol–water partition coefficient (Wildman–Crippen LogP) is 5.58. The number of rotatable bonds is 7. The molecule has 1 aromatic carbocycles. The van der Waals surface area contributed by atoms with Crippen molar-refractivity contribution in [2.45, 2.75) is 55.6 Å². The van der Waals surface area contributed by atoms with Gasteiger partial charge >= 0.3 is 0 Å². The van der Waals surface area contributed by atoms with Gasteiger partial charge < -0.3 is 8.98 Å². The van der Waals surface area contributed by atoms with Gasteiger partial charge in [-0.1, -0.05) is 61.4 Å². The molecule has 1 aliphatic rings. The molecule has 0 unspecified atom stereocenters. The van der Waals surface area contributed by atoms with Gasteiger partial charge in [-0.2, -0.15) is 0 Å². The zero-order chi connectivity index (χ0) is 20.2. The normalized spacial score (nSPS) is 14.9. The van der Waals surface area contributed by atoms with E-state index in [0.29, 0.717) is 6.04 Å². The molecule has 0 N–H and O–H groups in total. The van der Waals surface area contributed by atoms with Crippen molar-refractivity contribution in [2.75, 3.05) is 0 Å². The van der Waals surface area contributed by atoms with Gasteiger partial charge in [-0.05, 0) is 30.5 Å². The fourth-order valence-corrected chi connectivity index (χ4v) is 5.12. The van der Waals surface area contributed by atoms with Crippen molar-refractivity contribution in [3.05, 3.63) is 72.5 Å². The molecular formula is C23H25N5OS. The van der Waals surface area contributed by atoms with E-state index in [1.807, 2.05) is 30.6 Å². The summed E-state index contributed by atoms with van der Waals surface area (Å²) in [6, 6.07) is 14.8. The summed E-state index contributed by atoms with van der Waals surface area (Å²) >= 11 is 1.71. The third-order valence-corrected chi connectivity index (χ3v) is 6.61. The van der Waals surface area contributed by atoms with Crippen molar-refractivity contribution >= 4 is 11.8 Å². The van der Waals surface area contributed by atoms with E-state index in [1.165, 1.54) is 37.7 Å². The minimum atomic E-state index is 0.431. The Morgan fingerprint density at radius 1 is 1.00 bits per heavy atom. The molecule has 6 nitrogen and oxygen atoms in total. The minimum Gasteiger partial charge on any atom is -0.461 e. The second kappa shape index (κ2) is 8.92. The minimum absolute atomic E-state index is 0.431. The lowest BCUT2D eigenvalue weighted by Gasteiger charge is -2.25. The van der Waals surface area contributed by atoms with E-state index in [2.05, 4.69) is 48.6 Å². The highest BCUT2D eigenvalue weighted by Gasteiger charge is 2.25. The van der Waals surface area contributed by atoms with Crippen LogP contribution in [0.2, 0.25) is 0 Å². The van der Waals surface area contributed by atoms with E-state index in [9.17, 15) is 0 Å². The van der Waals surface area contributed by atoms with Gasteiger partial charge in [0, 0.05) is 25.0 Å². The van der Waals surface area contributed by atoms with Crippen molar-refractivity contribution in [3.63, 3.8) is 0 Å². The largest absolute Gasteiger partial charge is 0.461 e. The first-order valence-corrected chi connectivity index (χ1v) is 11.5. The molecule has 3 aromatic heterocycles. The molecule has 0 saturated heterocycles. The Kier molecular flexibility index (Phi) is 5.70. The van der Waals surface area contributed by atoms with Gasteiger partial charge in [0.05, 0.1) is 12.0 Å². The Morgan fingerprint density at radius 3 is 2.67 bits per heavy atom. The lowest BCUT2D eigenvalue weighted by atomic mass is 9.95. The van der Waals surface area contributed by atoms with Crippen molar-refractivity contribution in [1.82, 2.24) is 24.3 Å². The zero-order valence-electron chi connectivity index (χ0n) is 16.9. The van der Waals surface area contributed by atoms with Gasteiger partial charge in [0.15, 0.2) is 10.9 Å². The predicted molar refractivity (Wildman–Crippen MR) is 117 cm³/mol. The van der Waals surface area contributed by atoms with Gasteiger partial charge in [0.1, 0.15) is 5.82 Å². The molecule has 0 aliphatic heterocycles. The Balaban J connectivity index is 1.37. The maximum Gasteiger partial charge on any atom is 0.200 e. The smallest absolute Gasteiger partial charge is 0.200 e. The number of furan rings is 1. The van der Waals surface area contributed by atoms with E-state index in [0.717, 1.165) is 34.9 Å². The number of aromatic nitrogens is 5. The molecule has 4 aromatic rings. The summed E-state index contributed by atoms with van der Waals surface area (Å²) in [5.74, 6) is 3.41. The summed E-state index contributed by atoms with van der Waals surface area (Å²) < 4.78 is 10.2. The molecule has 0 bridgehead atoms. The summed E-state index contributed by atoms with van der Waals surface area (Å²) in [5.41, 5.74) is 1.27. The first kappa shape index (κ1) is 19.2. The second-order valence-electron chi connectivity index (χ2n) is 7.69. The molecule has 5 rings (SSSR count). The maximum atomic E-state index is 5.65. The molecule has 0 radical (unpaired) electrons. The van der Waals surface area contributed by atoms with Crippen molar-refractivity contribution < 1.29 is 4.42 Å². The third kappa shape index (κ3) is 4.07. The van der Waals surface area contributed by atoms with Crippen LogP contribution in [0, 0.1) is 0 Å². The van der Waals surface area contributed by atoms with E-state index in [-0.39, 0.29) is 0 Å². The molecule has 30 heavy (non-hydrogen) atoms.